The van der Waals surface area contributed by atoms with Crippen molar-refractivity contribution >= 4 is 56.2 Å². The lowest BCUT2D eigenvalue weighted by molar-refractivity contribution is -0.107. The predicted octanol–water partition coefficient (Wildman–Crippen LogP) is 6.28. The van der Waals surface area contributed by atoms with Gasteiger partial charge in [0.2, 0.25) is 0 Å². The quantitative estimate of drug-likeness (QED) is 0.387. The normalized spacial score (nSPS) is 19.2. The van der Waals surface area contributed by atoms with Gasteiger partial charge >= 0.3 is 0 Å². The second kappa shape index (κ2) is 9.54. The molecule has 1 fully saturated rings. The van der Waals surface area contributed by atoms with Gasteiger partial charge in [0.15, 0.2) is 5.13 Å². The van der Waals surface area contributed by atoms with Crippen LogP contribution in [0, 0.1) is 11.8 Å². The lowest BCUT2D eigenvalue weighted by Gasteiger charge is -2.36. The van der Waals surface area contributed by atoms with E-state index in [0.29, 0.717) is 35.6 Å². The number of anilines is 1. The Balaban J connectivity index is 1.32. The van der Waals surface area contributed by atoms with Crippen LogP contribution in [0.3, 0.4) is 0 Å². The van der Waals surface area contributed by atoms with E-state index in [1.807, 2.05) is 30.3 Å². The van der Waals surface area contributed by atoms with Crippen LogP contribution < -0.4 is 9.64 Å². The van der Waals surface area contributed by atoms with Crippen LogP contribution in [0.5, 0.6) is 5.75 Å². The summed E-state index contributed by atoms with van der Waals surface area (Å²) in [7, 11) is 0. The summed E-state index contributed by atoms with van der Waals surface area (Å²) in [5.74, 6) is 1.81. The molecule has 0 saturated carbocycles. The molecule has 1 saturated heterocycles. The van der Waals surface area contributed by atoms with Crippen LogP contribution in [0.15, 0.2) is 36.4 Å². The Kier molecular flexibility index (Phi) is 6.81. The topological polar surface area (TPSA) is 42.4 Å². The van der Waals surface area contributed by atoms with Crippen LogP contribution >= 0.6 is 34.5 Å². The Hall–Kier alpha value is -1.82. The Morgan fingerprint density at radius 2 is 2.13 bits per heavy atom. The molecule has 0 spiro atoms. The summed E-state index contributed by atoms with van der Waals surface area (Å²) < 4.78 is 7.09. The molecule has 1 aliphatic rings. The zero-order chi connectivity index (χ0) is 21.1. The van der Waals surface area contributed by atoms with Crippen LogP contribution in [0.1, 0.15) is 25.3 Å². The van der Waals surface area contributed by atoms with Crippen molar-refractivity contribution in [3.8, 4) is 5.75 Å². The number of nitrogens with zero attached hydrogens (tertiary/aromatic N) is 2. The van der Waals surface area contributed by atoms with Crippen molar-refractivity contribution in [2.75, 3.05) is 24.6 Å². The average Bonchev–Trinajstić information content (AvgIpc) is 3.15. The van der Waals surface area contributed by atoms with Crippen molar-refractivity contribution in [3.63, 3.8) is 0 Å². The first-order valence-corrected chi connectivity index (χ1v) is 11.8. The smallest absolute Gasteiger partial charge is 0.186 e. The van der Waals surface area contributed by atoms with Crippen molar-refractivity contribution in [2.24, 2.45) is 11.8 Å². The van der Waals surface area contributed by atoms with Crippen LogP contribution in [0.2, 0.25) is 10.0 Å². The van der Waals surface area contributed by atoms with E-state index in [0.717, 1.165) is 58.2 Å². The fraction of sp³-hybridized carbons (Fsp3) is 0.391. The van der Waals surface area contributed by atoms with E-state index < -0.39 is 0 Å². The molecule has 0 aliphatic carbocycles. The van der Waals surface area contributed by atoms with Gasteiger partial charge in [0.05, 0.1) is 21.8 Å². The van der Waals surface area contributed by atoms with Crippen molar-refractivity contribution < 1.29 is 9.53 Å². The second-order valence-corrected chi connectivity index (χ2v) is 9.71. The number of piperidine rings is 1. The highest BCUT2D eigenvalue weighted by Crippen LogP contribution is 2.35. The molecule has 2 unspecified atom stereocenters. The van der Waals surface area contributed by atoms with Gasteiger partial charge in [0, 0.05) is 24.5 Å². The Labute approximate surface area is 190 Å². The fourth-order valence-corrected chi connectivity index (χ4v) is 5.47. The molecule has 4 nitrogen and oxygen atoms in total. The summed E-state index contributed by atoms with van der Waals surface area (Å²) in [5.41, 5.74) is 1.93. The minimum absolute atomic E-state index is 0.376. The Bertz CT molecular complexity index is 1040. The number of carbonyl (C=O) groups excluding carboxylic acids is 1. The lowest BCUT2D eigenvalue weighted by Crippen LogP contribution is -2.39. The second-order valence-electron chi connectivity index (χ2n) is 7.85. The summed E-state index contributed by atoms with van der Waals surface area (Å²) in [5, 5.41) is 2.41. The standard InChI is InChI=1S/C23H24Cl2N2O2S/c1-15-14-27(23-26-20-5-3-18(24)13-22(20)30-23)9-6-17(15)8-11-29-21-12-16(7-10-28)2-4-19(21)25/h2-5,10,12-13,15,17H,6-9,11,14H2,1H3. The summed E-state index contributed by atoms with van der Waals surface area (Å²) in [6.45, 7) is 4.92. The molecular formula is C23H24Cl2N2O2S. The van der Waals surface area contributed by atoms with E-state index in [2.05, 4.69) is 11.8 Å². The highest BCUT2D eigenvalue weighted by molar-refractivity contribution is 7.22. The van der Waals surface area contributed by atoms with E-state index in [9.17, 15) is 4.79 Å². The van der Waals surface area contributed by atoms with Crippen molar-refractivity contribution in [3.05, 3.63) is 52.0 Å². The molecule has 3 aromatic rings. The third-order valence-corrected chi connectivity index (χ3v) is 7.38. The lowest BCUT2D eigenvalue weighted by atomic mass is 9.85. The number of fused-ring (bicyclic) bond motifs is 1. The maximum absolute atomic E-state index is 10.7. The Morgan fingerprint density at radius 3 is 2.93 bits per heavy atom. The molecule has 0 amide bonds. The summed E-state index contributed by atoms with van der Waals surface area (Å²) >= 11 is 14.1. The molecule has 30 heavy (non-hydrogen) atoms. The predicted molar refractivity (Wildman–Crippen MR) is 125 cm³/mol. The van der Waals surface area contributed by atoms with Gasteiger partial charge in [0.25, 0.3) is 0 Å². The van der Waals surface area contributed by atoms with Gasteiger partial charge < -0.3 is 14.4 Å². The van der Waals surface area contributed by atoms with Crippen molar-refractivity contribution in [2.45, 2.75) is 26.2 Å². The van der Waals surface area contributed by atoms with E-state index in [1.165, 1.54) is 0 Å². The molecule has 158 valence electrons. The number of carbonyl (C=O) groups is 1. The monoisotopic (exact) mass is 462 g/mol. The molecular weight excluding hydrogens is 439 g/mol. The van der Waals surface area contributed by atoms with Gasteiger partial charge in [-0.3, -0.25) is 0 Å². The van der Waals surface area contributed by atoms with Gasteiger partial charge in [-0.1, -0.05) is 47.5 Å². The molecule has 0 radical (unpaired) electrons. The van der Waals surface area contributed by atoms with Gasteiger partial charge in [-0.25, -0.2) is 4.98 Å². The largest absolute Gasteiger partial charge is 0.492 e. The van der Waals surface area contributed by atoms with Gasteiger partial charge in [-0.15, -0.1) is 0 Å². The van der Waals surface area contributed by atoms with Crippen LogP contribution in [0.25, 0.3) is 10.2 Å². The third kappa shape index (κ3) is 4.90. The van der Waals surface area contributed by atoms with Crippen LogP contribution in [-0.2, 0) is 11.2 Å². The van der Waals surface area contributed by atoms with Crippen LogP contribution in [-0.4, -0.2) is 31.0 Å². The highest BCUT2D eigenvalue weighted by Gasteiger charge is 2.27. The van der Waals surface area contributed by atoms with Crippen molar-refractivity contribution in [1.29, 1.82) is 0 Å². The van der Waals surface area contributed by atoms with E-state index >= 15 is 0 Å². The Morgan fingerprint density at radius 1 is 1.27 bits per heavy atom. The molecule has 0 N–H and O–H groups in total. The van der Waals surface area contributed by atoms with Gasteiger partial charge in [0.1, 0.15) is 12.0 Å². The third-order valence-electron chi connectivity index (χ3n) is 5.75. The molecule has 2 aromatic carbocycles. The molecule has 1 aliphatic heterocycles. The molecule has 7 heteroatoms. The summed E-state index contributed by atoms with van der Waals surface area (Å²) in [4.78, 5) is 17.9. The number of halogens is 2. The molecule has 4 rings (SSSR count). The molecule has 2 heterocycles. The van der Waals surface area contributed by atoms with Gasteiger partial charge in [-0.2, -0.15) is 0 Å². The number of hydrogen-bond acceptors (Lipinski definition) is 5. The first-order chi connectivity index (χ1) is 14.5. The van der Waals surface area contributed by atoms with E-state index in [4.69, 9.17) is 32.9 Å². The SMILES string of the molecule is CC1CN(c2nc3ccc(Cl)cc3s2)CCC1CCOc1cc(CC=O)ccc1Cl. The number of benzene rings is 2. The molecule has 1 aromatic heterocycles. The summed E-state index contributed by atoms with van der Waals surface area (Å²) in [6.07, 6.45) is 3.36. The number of ether oxygens (including phenoxy) is 1. The minimum atomic E-state index is 0.376. The number of aromatic nitrogens is 1. The van der Waals surface area contributed by atoms with Crippen molar-refractivity contribution in [1.82, 2.24) is 4.98 Å². The number of thiazole rings is 1. The van der Waals surface area contributed by atoms with Crippen LogP contribution in [0.4, 0.5) is 5.13 Å². The highest BCUT2D eigenvalue weighted by atomic mass is 35.5. The first-order valence-electron chi connectivity index (χ1n) is 10.2. The van der Waals surface area contributed by atoms with E-state index in [1.54, 1.807) is 17.4 Å². The maximum atomic E-state index is 10.7. The summed E-state index contributed by atoms with van der Waals surface area (Å²) in [6, 6.07) is 11.4. The molecule has 0 bridgehead atoms. The number of rotatable bonds is 7. The maximum Gasteiger partial charge on any atom is 0.186 e. The average molecular weight is 463 g/mol. The fourth-order valence-electron chi connectivity index (χ4n) is 4.02. The van der Waals surface area contributed by atoms with E-state index in [-0.39, 0.29) is 0 Å². The zero-order valence-electron chi connectivity index (χ0n) is 16.8. The minimum Gasteiger partial charge on any atom is -0.492 e. The number of hydrogen-bond donors (Lipinski definition) is 0. The van der Waals surface area contributed by atoms with Gasteiger partial charge in [-0.05, 0) is 60.6 Å². The number of aldehydes is 1. The zero-order valence-corrected chi connectivity index (χ0v) is 19.1. The first kappa shape index (κ1) is 21.4. The molecule has 2 atom stereocenters.